The van der Waals surface area contributed by atoms with Gasteiger partial charge < -0.3 is 9.80 Å². The lowest BCUT2D eigenvalue weighted by molar-refractivity contribution is -0.131. The van der Waals surface area contributed by atoms with E-state index >= 15 is 0 Å². The highest BCUT2D eigenvalue weighted by molar-refractivity contribution is 5.76. The minimum absolute atomic E-state index is 0.231. The fourth-order valence-electron chi connectivity index (χ4n) is 3.50. The first-order valence-corrected chi connectivity index (χ1v) is 9.75. The maximum atomic E-state index is 12.5. The second-order valence-electron chi connectivity index (χ2n) is 7.00. The first-order valence-electron chi connectivity index (χ1n) is 9.75. The zero-order valence-corrected chi connectivity index (χ0v) is 15.9. The molecule has 1 fully saturated rings. The SMILES string of the molecule is O=C(CCc1ccccc1)N1CCN(c2ccc(-c3ccccc3)nn2)CC1. The van der Waals surface area contributed by atoms with Crippen LogP contribution >= 0.6 is 0 Å². The highest BCUT2D eigenvalue weighted by atomic mass is 16.2. The van der Waals surface area contributed by atoms with Crippen molar-refractivity contribution in [2.45, 2.75) is 12.8 Å². The summed E-state index contributed by atoms with van der Waals surface area (Å²) in [5, 5.41) is 8.77. The summed E-state index contributed by atoms with van der Waals surface area (Å²) in [4.78, 5) is 16.7. The number of benzene rings is 2. The molecule has 0 aliphatic carbocycles. The van der Waals surface area contributed by atoms with Crippen LogP contribution in [0, 0.1) is 0 Å². The number of piperazine rings is 1. The maximum Gasteiger partial charge on any atom is 0.223 e. The predicted octanol–water partition coefficient (Wildman–Crippen LogP) is 3.43. The number of carbonyl (C=O) groups is 1. The molecule has 2 aromatic carbocycles. The van der Waals surface area contributed by atoms with Gasteiger partial charge in [0.15, 0.2) is 5.82 Å². The summed E-state index contributed by atoms with van der Waals surface area (Å²) in [5.41, 5.74) is 3.15. The van der Waals surface area contributed by atoms with Gasteiger partial charge in [-0.05, 0) is 24.1 Å². The van der Waals surface area contributed by atoms with Gasteiger partial charge >= 0.3 is 0 Å². The Morgan fingerprint density at radius 2 is 1.46 bits per heavy atom. The second kappa shape index (κ2) is 8.65. The lowest BCUT2D eigenvalue weighted by Gasteiger charge is -2.35. The van der Waals surface area contributed by atoms with Crippen LogP contribution < -0.4 is 4.90 Å². The normalized spacial score (nSPS) is 14.1. The van der Waals surface area contributed by atoms with Gasteiger partial charge in [-0.2, -0.15) is 0 Å². The number of anilines is 1. The molecule has 142 valence electrons. The third kappa shape index (κ3) is 4.36. The molecule has 5 nitrogen and oxygen atoms in total. The van der Waals surface area contributed by atoms with Crippen molar-refractivity contribution in [3.05, 3.63) is 78.4 Å². The van der Waals surface area contributed by atoms with E-state index in [-0.39, 0.29) is 5.91 Å². The predicted molar refractivity (Wildman–Crippen MR) is 111 cm³/mol. The average molecular weight is 372 g/mol. The van der Waals surface area contributed by atoms with Gasteiger partial charge in [0.25, 0.3) is 0 Å². The zero-order valence-electron chi connectivity index (χ0n) is 15.9. The Kier molecular flexibility index (Phi) is 5.61. The van der Waals surface area contributed by atoms with Crippen LogP contribution in [0.1, 0.15) is 12.0 Å². The molecule has 1 aliphatic rings. The van der Waals surface area contributed by atoms with Crippen LogP contribution in [0.4, 0.5) is 5.82 Å². The standard InChI is InChI=1S/C23H24N4O/c28-23(14-11-19-7-3-1-4-8-19)27-17-15-26(16-18-27)22-13-12-21(24-25-22)20-9-5-2-6-10-20/h1-10,12-13H,11,14-18H2. The Balaban J connectivity index is 1.29. The van der Waals surface area contributed by atoms with E-state index in [1.165, 1.54) is 5.56 Å². The van der Waals surface area contributed by atoms with Gasteiger partial charge in [-0.25, -0.2) is 0 Å². The van der Waals surface area contributed by atoms with Crippen molar-refractivity contribution in [1.82, 2.24) is 15.1 Å². The Hall–Kier alpha value is -3.21. The number of rotatable bonds is 5. The summed E-state index contributed by atoms with van der Waals surface area (Å²) >= 11 is 0. The maximum absolute atomic E-state index is 12.5. The molecule has 3 aromatic rings. The number of hydrogen-bond acceptors (Lipinski definition) is 4. The molecule has 0 spiro atoms. The van der Waals surface area contributed by atoms with E-state index in [1.54, 1.807) is 0 Å². The van der Waals surface area contributed by atoms with E-state index in [4.69, 9.17) is 0 Å². The smallest absolute Gasteiger partial charge is 0.223 e. The molecule has 0 saturated carbocycles. The molecule has 5 heteroatoms. The molecule has 1 amide bonds. The van der Waals surface area contributed by atoms with E-state index in [9.17, 15) is 4.79 Å². The fourth-order valence-corrected chi connectivity index (χ4v) is 3.50. The van der Waals surface area contributed by atoms with Crippen LogP contribution in [-0.2, 0) is 11.2 Å². The molecule has 4 rings (SSSR count). The van der Waals surface area contributed by atoms with Crippen LogP contribution in [0.3, 0.4) is 0 Å². The van der Waals surface area contributed by atoms with Crippen molar-refractivity contribution in [1.29, 1.82) is 0 Å². The lowest BCUT2D eigenvalue weighted by atomic mass is 10.1. The molecular formula is C23H24N4O. The quantitative estimate of drug-likeness (QED) is 0.689. The molecule has 0 unspecified atom stereocenters. The van der Waals surface area contributed by atoms with Crippen LogP contribution in [0.5, 0.6) is 0 Å². The topological polar surface area (TPSA) is 49.3 Å². The van der Waals surface area contributed by atoms with Gasteiger partial charge in [0.1, 0.15) is 0 Å². The Labute approximate surface area is 165 Å². The van der Waals surface area contributed by atoms with Crippen molar-refractivity contribution in [3.63, 3.8) is 0 Å². The molecule has 0 bridgehead atoms. The van der Waals surface area contributed by atoms with E-state index < -0.39 is 0 Å². The van der Waals surface area contributed by atoms with E-state index in [0.717, 1.165) is 49.7 Å². The van der Waals surface area contributed by atoms with Crippen molar-refractivity contribution in [2.24, 2.45) is 0 Å². The van der Waals surface area contributed by atoms with Gasteiger partial charge in [-0.15, -0.1) is 10.2 Å². The van der Waals surface area contributed by atoms with Gasteiger partial charge in [-0.3, -0.25) is 4.79 Å². The van der Waals surface area contributed by atoms with Gasteiger partial charge in [0.05, 0.1) is 5.69 Å². The highest BCUT2D eigenvalue weighted by Crippen LogP contribution is 2.19. The van der Waals surface area contributed by atoms with E-state index in [2.05, 4.69) is 27.2 Å². The van der Waals surface area contributed by atoms with E-state index in [0.29, 0.717) is 6.42 Å². The molecule has 28 heavy (non-hydrogen) atoms. The minimum Gasteiger partial charge on any atom is -0.352 e. The van der Waals surface area contributed by atoms with Gasteiger partial charge in [-0.1, -0.05) is 60.7 Å². The van der Waals surface area contributed by atoms with Gasteiger partial charge in [0.2, 0.25) is 5.91 Å². The molecule has 0 radical (unpaired) electrons. The van der Waals surface area contributed by atoms with Gasteiger partial charge in [0, 0.05) is 38.2 Å². The highest BCUT2D eigenvalue weighted by Gasteiger charge is 2.21. The van der Waals surface area contributed by atoms with Crippen molar-refractivity contribution >= 4 is 11.7 Å². The summed E-state index contributed by atoms with van der Waals surface area (Å²) < 4.78 is 0. The molecule has 0 N–H and O–H groups in total. The molecule has 1 saturated heterocycles. The minimum atomic E-state index is 0.231. The van der Waals surface area contributed by atoms with Crippen LogP contribution in [0.2, 0.25) is 0 Å². The number of aryl methyl sites for hydroxylation is 1. The molecule has 0 atom stereocenters. The molecule has 1 aromatic heterocycles. The summed E-state index contributed by atoms with van der Waals surface area (Å²) in [7, 11) is 0. The van der Waals surface area contributed by atoms with Crippen LogP contribution in [-0.4, -0.2) is 47.2 Å². The summed E-state index contributed by atoms with van der Waals surface area (Å²) in [6.07, 6.45) is 1.36. The molecule has 1 aliphatic heterocycles. The average Bonchev–Trinajstić information content (AvgIpc) is 2.79. The lowest BCUT2D eigenvalue weighted by Crippen LogP contribution is -2.49. The number of hydrogen-bond donors (Lipinski definition) is 0. The molecule has 2 heterocycles. The van der Waals surface area contributed by atoms with Crippen molar-refractivity contribution < 1.29 is 4.79 Å². The zero-order chi connectivity index (χ0) is 19.2. The number of nitrogens with zero attached hydrogens (tertiary/aromatic N) is 4. The van der Waals surface area contributed by atoms with Crippen LogP contribution in [0.15, 0.2) is 72.8 Å². The Morgan fingerprint density at radius 1 is 0.786 bits per heavy atom. The number of aromatic nitrogens is 2. The summed E-state index contributed by atoms with van der Waals surface area (Å²) in [6.45, 7) is 3.04. The van der Waals surface area contributed by atoms with Crippen molar-refractivity contribution in [2.75, 3.05) is 31.1 Å². The molecular weight excluding hydrogens is 348 g/mol. The number of amides is 1. The first-order chi connectivity index (χ1) is 13.8. The van der Waals surface area contributed by atoms with Crippen molar-refractivity contribution in [3.8, 4) is 11.3 Å². The Bertz CT molecular complexity index is 889. The second-order valence-corrected chi connectivity index (χ2v) is 7.00. The Morgan fingerprint density at radius 3 is 2.11 bits per heavy atom. The monoisotopic (exact) mass is 372 g/mol. The van der Waals surface area contributed by atoms with E-state index in [1.807, 2.05) is 65.6 Å². The fraction of sp³-hybridized carbons (Fsp3) is 0.261. The third-order valence-electron chi connectivity index (χ3n) is 5.15. The number of carbonyl (C=O) groups excluding carboxylic acids is 1. The third-order valence-corrected chi connectivity index (χ3v) is 5.15. The first kappa shape index (κ1) is 18.2. The van der Waals surface area contributed by atoms with Crippen LogP contribution in [0.25, 0.3) is 11.3 Å². The summed E-state index contributed by atoms with van der Waals surface area (Å²) in [5.74, 6) is 1.10. The summed E-state index contributed by atoms with van der Waals surface area (Å²) in [6, 6.07) is 24.3. The largest absolute Gasteiger partial charge is 0.352 e.